The zero-order valence-electron chi connectivity index (χ0n) is 22.0. The fourth-order valence-corrected chi connectivity index (χ4v) is 8.46. The van der Waals surface area contributed by atoms with E-state index in [0.29, 0.717) is 6.61 Å². The third-order valence-corrected chi connectivity index (χ3v) is 11.9. The standard InChI is InChI=1S/C18H19Cl2O2P.C13H11Cl2P/c1-18(2)21-11-15(22-18)12-23(16-7-3-13(19)4-8-16)17-9-5-14(20)6-10-17;1-16(12-6-2-10(14)3-7-12)13-8-4-11(15)5-9-13/h3-10,15H,11-12H2,1-2H3;2-9H,1H3. The number of halogens is 4. The zero-order valence-corrected chi connectivity index (χ0v) is 26.8. The average Bonchev–Trinajstić information content (AvgIpc) is 3.27. The SMILES string of the molecule is CC1(C)OCC(CP(c2ccc(Cl)cc2)c2ccc(Cl)cc2)O1.CP(c1ccc(Cl)cc1)c1ccc(Cl)cc1. The van der Waals surface area contributed by atoms with Gasteiger partial charge in [-0.05, 0) is 106 Å². The van der Waals surface area contributed by atoms with Crippen molar-refractivity contribution in [2.24, 2.45) is 0 Å². The van der Waals surface area contributed by atoms with E-state index in [4.69, 9.17) is 55.9 Å². The fraction of sp³-hybridized carbons (Fsp3) is 0.226. The van der Waals surface area contributed by atoms with Gasteiger partial charge in [-0.25, -0.2) is 0 Å². The van der Waals surface area contributed by atoms with Crippen LogP contribution in [0.25, 0.3) is 0 Å². The topological polar surface area (TPSA) is 18.5 Å². The minimum Gasteiger partial charge on any atom is -0.348 e. The monoisotopic (exact) mass is 636 g/mol. The lowest BCUT2D eigenvalue weighted by molar-refractivity contribution is -0.135. The summed E-state index contributed by atoms with van der Waals surface area (Å²) >= 11 is 23.8. The molecule has 5 rings (SSSR count). The maximum atomic E-state index is 6.04. The summed E-state index contributed by atoms with van der Waals surface area (Å²) in [5, 5.41) is 8.26. The predicted molar refractivity (Wildman–Crippen MR) is 174 cm³/mol. The van der Waals surface area contributed by atoms with Crippen molar-refractivity contribution in [2.75, 3.05) is 19.4 Å². The second-order valence-electron chi connectivity index (χ2n) is 9.53. The van der Waals surface area contributed by atoms with Crippen molar-refractivity contribution in [1.82, 2.24) is 0 Å². The molecule has 1 aliphatic rings. The highest BCUT2D eigenvalue weighted by molar-refractivity contribution is 7.73. The van der Waals surface area contributed by atoms with E-state index >= 15 is 0 Å². The van der Waals surface area contributed by atoms with Gasteiger partial charge in [-0.3, -0.25) is 0 Å². The highest BCUT2D eigenvalue weighted by Gasteiger charge is 2.34. The molecule has 0 bridgehead atoms. The van der Waals surface area contributed by atoms with Crippen molar-refractivity contribution >= 4 is 83.5 Å². The van der Waals surface area contributed by atoms with Gasteiger partial charge in [0.05, 0.1) is 12.7 Å². The van der Waals surface area contributed by atoms with Crippen LogP contribution in [0.5, 0.6) is 0 Å². The van der Waals surface area contributed by atoms with Gasteiger partial charge in [-0.2, -0.15) is 0 Å². The van der Waals surface area contributed by atoms with Crippen LogP contribution < -0.4 is 21.2 Å². The maximum absolute atomic E-state index is 6.04. The molecule has 204 valence electrons. The molecule has 1 unspecified atom stereocenters. The molecule has 4 aromatic carbocycles. The summed E-state index contributed by atoms with van der Waals surface area (Å²) in [5.74, 6) is -0.494. The Morgan fingerprint density at radius 1 is 0.615 bits per heavy atom. The van der Waals surface area contributed by atoms with Gasteiger partial charge in [0.25, 0.3) is 0 Å². The number of hydrogen-bond acceptors (Lipinski definition) is 2. The van der Waals surface area contributed by atoms with Crippen molar-refractivity contribution in [2.45, 2.75) is 25.7 Å². The maximum Gasteiger partial charge on any atom is 0.163 e. The molecule has 0 amide bonds. The van der Waals surface area contributed by atoms with Gasteiger partial charge in [0, 0.05) is 26.3 Å². The first kappa shape index (κ1) is 30.8. The largest absolute Gasteiger partial charge is 0.348 e. The first-order valence-electron chi connectivity index (χ1n) is 12.4. The minimum atomic E-state index is -0.550. The number of rotatable bonds is 6. The van der Waals surface area contributed by atoms with E-state index in [1.54, 1.807) is 0 Å². The third kappa shape index (κ3) is 9.16. The van der Waals surface area contributed by atoms with Crippen LogP contribution in [0.2, 0.25) is 20.1 Å². The fourth-order valence-electron chi connectivity index (χ4n) is 4.14. The van der Waals surface area contributed by atoms with Gasteiger partial charge < -0.3 is 9.47 Å². The number of hydrogen-bond donors (Lipinski definition) is 0. The minimum absolute atomic E-state index is 0.0995. The lowest BCUT2D eigenvalue weighted by atomic mass is 10.4. The second kappa shape index (κ2) is 14.1. The van der Waals surface area contributed by atoms with Gasteiger partial charge in [-0.1, -0.05) is 94.9 Å². The Morgan fingerprint density at radius 2 is 0.949 bits per heavy atom. The molecule has 1 aliphatic heterocycles. The van der Waals surface area contributed by atoms with E-state index in [1.807, 2.05) is 62.4 Å². The van der Waals surface area contributed by atoms with Gasteiger partial charge >= 0.3 is 0 Å². The van der Waals surface area contributed by atoms with Gasteiger partial charge in [0.1, 0.15) is 0 Å². The van der Waals surface area contributed by atoms with Gasteiger partial charge in [-0.15, -0.1) is 0 Å². The van der Waals surface area contributed by atoms with Crippen LogP contribution in [-0.2, 0) is 9.47 Å². The van der Waals surface area contributed by atoms with Crippen LogP contribution >= 0.6 is 62.2 Å². The number of benzene rings is 4. The van der Waals surface area contributed by atoms with Crippen LogP contribution in [0.4, 0.5) is 0 Å². The first-order valence-corrected chi connectivity index (χ1v) is 17.3. The third-order valence-electron chi connectivity index (χ3n) is 6.16. The summed E-state index contributed by atoms with van der Waals surface area (Å²) in [4.78, 5) is 0. The molecule has 1 fully saturated rings. The van der Waals surface area contributed by atoms with Crippen molar-refractivity contribution < 1.29 is 9.47 Å². The molecule has 1 atom stereocenters. The van der Waals surface area contributed by atoms with Crippen molar-refractivity contribution in [1.29, 1.82) is 0 Å². The Bertz CT molecular complexity index is 1240. The van der Waals surface area contributed by atoms with Crippen molar-refractivity contribution in [3.05, 3.63) is 117 Å². The molecule has 0 aliphatic carbocycles. The Hall–Kier alpha value is -1.18. The highest BCUT2D eigenvalue weighted by atomic mass is 35.5. The molecule has 1 heterocycles. The second-order valence-corrected chi connectivity index (χ2v) is 15.7. The van der Waals surface area contributed by atoms with Crippen LogP contribution in [-0.4, -0.2) is 31.3 Å². The van der Waals surface area contributed by atoms with Crippen LogP contribution in [0.15, 0.2) is 97.1 Å². The Balaban J connectivity index is 0.000000193. The molecular formula is C31H30Cl4O2P2. The molecule has 4 aromatic rings. The van der Waals surface area contributed by atoms with Gasteiger partial charge in [0.15, 0.2) is 5.79 Å². The van der Waals surface area contributed by atoms with E-state index < -0.39 is 13.7 Å². The van der Waals surface area contributed by atoms with E-state index in [2.05, 4.69) is 55.2 Å². The quantitative estimate of drug-likeness (QED) is 0.197. The van der Waals surface area contributed by atoms with Crippen LogP contribution in [0.1, 0.15) is 13.8 Å². The molecule has 0 aromatic heterocycles. The summed E-state index contributed by atoms with van der Waals surface area (Å²) in [5.41, 5.74) is 0. The first-order chi connectivity index (χ1) is 18.6. The number of ether oxygens (including phenoxy) is 2. The highest BCUT2D eigenvalue weighted by Crippen LogP contribution is 2.38. The summed E-state index contributed by atoms with van der Waals surface area (Å²) in [6.45, 7) is 6.79. The molecule has 0 N–H and O–H groups in total. The smallest absolute Gasteiger partial charge is 0.163 e. The van der Waals surface area contributed by atoms with E-state index in [9.17, 15) is 0 Å². The predicted octanol–water partition coefficient (Wildman–Crippen LogP) is 8.63. The molecule has 8 heteroatoms. The van der Waals surface area contributed by atoms with Crippen LogP contribution in [0.3, 0.4) is 0 Å². The molecule has 2 nitrogen and oxygen atoms in total. The lowest BCUT2D eigenvalue weighted by Gasteiger charge is -2.23. The van der Waals surface area contributed by atoms with Gasteiger partial charge in [0.2, 0.25) is 0 Å². The zero-order chi connectivity index (χ0) is 28.0. The summed E-state index contributed by atoms with van der Waals surface area (Å²) in [6.07, 6.45) is 1.02. The molecule has 0 radical (unpaired) electrons. The van der Waals surface area contributed by atoms with Crippen molar-refractivity contribution in [3.63, 3.8) is 0 Å². The summed E-state index contributed by atoms with van der Waals surface area (Å²) in [6, 6.07) is 32.3. The Labute approximate surface area is 254 Å². The van der Waals surface area contributed by atoms with E-state index in [0.717, 1.165) is 26.3 Å². The molecule has 39 heavy (non-hydrogen) atoms. The molecule has 0 spiro atoms. The van der Waals surface area contributed by atoms with E-state index in [1.165, 1.54) is 21.2 Å². The van der Waals surface area contributed by atoms with Crippen molar-refractivity contribution in [3.8, 4) is 0 Å². The summed E-state index contributed by atoms with van der Waals surface area (Å²) in [7, 11) is -0.863. The lowest BCUT2D eigenvalue weighted by Crippen LogP contribution is -2.26. The van der Waals surface area contributed by atoms with E-state index in [-0.39, 0.29) is 14.0 Å². The molecule has 0 saturated carbocycles. The summed E-state index contributed by atoms with van der Waals surface area (Å²) < 4.78 is 11.7. The van der Waals surface area contributed by atoms with Crippen LogP contribution in [0, 0.1) is 0 Å². The average molecular weight is 638 g/mol. The normalized spacial score (nSPS) is 16.3. The Morgan fingerprint density at radius 3 is 1.26 bits per heavy atom. The molecular weight excluding hydrogens is 608 g/mol. The Kier molecular flexibility index (Phi) is 11.1. The molecule has 1 saturated heterocycles.